The van der Waals surface area contributed by atoms with Crippen molar-refractivity contribution >= 4 is 5.97 Å². The standard InChI is InChI=1S/C14H20O4/c1-8-6-9(11(15)13(16)17)7-10(12(8)18-5)14(2,3)4/h6-7,11,15H,1-5H3,(H,16,17). The molecule has 4 heteroatoms. The Kier molecular flexibility index (Phi) is 4.02. The van der Waals surface area contributed by atoms with Crippen LogP contribution in [0.15, 0.2) is 12.1 Å². The van der Waals surface area contributed by atoms with Crippen LogP contribution >= 0.6 is 0 Å². The Morgan fingerprint density at radius 3 is 2.28 bits per heavy atom. The number of carboxylic acids is 1. The average molecular weight is 252 g/mol. The van der Waals surface area contributed by atoms with Crippen molar-refractivity contribution < 1.29 is 19.7 Å². The molecule has 0 aliphatic heterocycles. The van der Waals surface area contributed by atoms with Crippen LogP contribution in [0.2, 0.25) is 0 Å². The van der Waals surface area contributed by atoms with Crippen molar-refractivity contribution in [1.82, 2.24) is 0 Å². The molecule has 18 heavy (non-hydrogen) atoms. The molecule has 0 spiro atoms. The van der Waals surface area contributed by atoms with Crippen LogP contribution in [-0.2, 0) is 10.2 Å². The number of aliphatic carboxylic acids is 1. The monoisotopic (exact) mass is 252 g/mol. The predicted octanol–water partition coefficient (Wildman–Crippen LogP) is 2.42. The fraction of sp³-hybridized carbons (Fsp3) is 0.500. The Hall–Kier alpha value is -1.55. The molecule has 1 rings (SSSR count). The molecule has 1 atom stereocenters. The molecule has 0 amide bonds. The van der Waals surface area contributed by atoms with Gasteiger partial charge in [0.2, 0.25) is 0 Å². The minimum Gasteiger partial charge on any atom is -0.496 e. The highest BCUT2D eigenvalue weighted by Gasteiger charge is 2.24. The summed E-state index contributed by atoms with van der Waals surface area (Å²) in [6.07, 6.45) is -1.50. The number of aliphatic hydroxyl groups is 1. The van der Waals surface area contributed by atoms with E-state index in [1.54, 1.807) is 19.2 Å². The molecular weight excluding hydrogens is 232 g/mol. The fourth-order valence-corrected chi connectivity index (χ4v) is 1.93. The van der Waals surface area contributed by atoms with E-state index in [0.29, 0.717) is 5.56 Å². The Balaban J connectivity index is 3.44. The molecule has 0 saturated heterocycles. The average Bonchev–Trinajstić information content (AvgIpc) is 2.25. The van der Waals surface area contributed by atoms with E-state index in [-0.39, 0.29) is 5.41 Å². The summed E-state index contributed by atoms with van der Waals surface area (Å²) in [7, 11) is 1.59. The van der Waals surface area contributed by atoms with Crippen molar-refractivity contribution in [3.05, 3.63) is 28.8 Å². The van der Waals surface area contributed by atoms with Gasteiger partial charge < -0.3 is 14.9 Å². The first-order chi connectivity index (χ1) is 8.18. The Morgan fingerprint density at radius 2 is 1.89 bits per heavy atom. The molecule has 0 aliphatic carbocycles. The van der Waals surface area contributed by atoms with Crippen molar-refractivity contribution in [2.75, 3.05) is 7.11 Å². The lowest BCUT2D eigenvalue weighted by atomic mass is 9.83. The lowest BCUT2D eigenvalue weighted by Crippen LogP contribution is -2.17. The summed E-state index contributed by atoms with van der Waals surface area (Å²) in [5, 5.41) is 18.5. The maximum atomic E-state index is 10.8. The number of aryl methyl sites for hydroxylation is 1. The summed E-state index contributed by atoms with van der Waals surface area (Å²) >= 11 is 0. The van der Waals surface area contributed by atoms with Gasteiger partial charge in [-0.3, -0.25) is 0 Å². The number of carbonyl (C=O) groups is 1. The summed E-state index contributed by atoms with van der Waals surface area (Å²) < 4.78 is 5.37. The summed E-state index contributed by atoms with van der Waals surface area (Å²) in [4.78, 5) is 10.8. The summed E-state index contributed by atoms with van der Waals surface area (Å²) in [5.41, 5.74) is 1.90. The molecule has 1 aromatic rings. The third-order valence-corrected chi connectivity index (χ3v) is 2.86. The maximum absolute atomic E-state index is 10.8. The normalized spacial score (nSPS) is 13.2. The van der Waals surface area contributed by atoms with Gasteiger partial charge in [0.25, 0.3) is 0 Å². The lowest BCUT2D eigenvalue weighted by Gasteiger charge is -2.25. The molecule has 2 N–H and O–H groups in total. The Morgan fingerprint density at radius 1 is 1.33 bits per heavy atom. The lowest BCUT2D eigenvalue weighted by molar-refractivity contribution is -0.146. The molecule has 0 fully saturated rings. The molecule has 100 valence electrons. The zero-order valence-electron chi connectivity index (χ0n) is 11.4. The molecule has 1 unspecified atom stereocenters. The van der Waals surface area contributed by atoms with Crippen molar-refractivity contribution in [2.24, 2.45) is 0 Å². The van der Waals surface area contributed by atoms with Gasteiger partial charge in [0.1, 0.15) is 5.75 Å². The number of aliphatic hydroxyl groups excluding tert-OH is 1. The topological polar surface area (TPSA) is 66.8 Å². The second-order valence-electron chi connectivity index (χ2n) is 5.41. The van der Waals surface area contributed by atoms with Crippen LogP contribution in [0, 0.1) is 6.92 Å². The summed E-state index contributed by atoms with van der Waals surface area (Å²) in [5.74, 6) is -0.511. The molecule has 0 radical (unpaired) electrons. The highest BCUT2D eigenvalue weighted by atomic mass is 16.5. The van der Waals surface area contributed by atoms with Gasteiger partial charge in [0.05, 0.1) is 7.11 Å². The third kappa shape index (κ3) is 2.82. The first-order valence-electron chi connectivity index (χ1n) is 5.78. The van der Waals surface area contributed by atoms with E-state index < -0.39 is 12.1 Å². The largest absolute Gasteiger partial charge is 0.496 e. The SMILES string of the molecule is COc1c(C)cc(C(O)C(=O)O)cc1C(C)(C)C. The van der Waals surface area contributed by atoms with E-state index in [0.717, 1.165) is 16.9 Å². The number of ether oxygens (including phenoxy) is 1. The van der Waals surface area contributed by atoms with Crippen LogP contribution in [0.4, 0.5) is 0 Å². The molecule has 0 aliphatic rings. The molecule has 0 saturated carbocycles. The smallest absolute Gasteiger partial charge is 0.337 e. The van der Waals surface area contributed by atoms with E-state index in [9.17, 15) is 9.90 Å². The zero-order chi connectivity index (χ0) is 14.1. The zero-order valence-corrected chi connectivity index (χ0v) is 11.4. The molecule has 0 heterocycles. The van der Waals surface area contributed by atoms with Gasteiger partial charge in [0, 0.05) is 5.56 Å². The van der Waals surface area contributed by atoms with Crippen LogP contribution in [0.3, 0.4) is 0 Å². The van der Waals surface area contributed by atoms with Crippen molar-refractivity contribution in [1.29, 1.82) is 0 Å². The van der Waals surface area contributed by atoms with Crippen LogP contribution in [0.5, 0.6) is 5.75 Å². The summed E-state index contributed by atoms with van der Waals surface area (Å²) in [6.45, 7) is 7.88. The number of benzene rings is 1. The Bertz CT molecular complexity index is 458. The van der Waals surface area contributed by atoms with E-state index in [1.807, 2.05) is 27.7 Å². The van der Waals surface area contributed by atoms with Gasteiger partial charge in [-0.1, -0.05) is 20.8 Å². The number of methoxy groups -OCH3 is 1. The van der Waals surface area contributed by atoms with Gasteiger partial charge in [0.15, 0.2) is 6.10 Å². The van der Waals surface area contributed by atoms with E-state index in [4.69, 9.17) is 9.84 Å². The van der Waals surface area contributed by atoms with Gasteiger partial charge in [-0.2, -0.15) is 0 Å². The predicted molar refractivity (Wildman–Crippen MR) is 69.0 cm³/mol. The van der Waals surface area contributed by atoms with Crippen LogP contribution in [-0.4, -0.2) is 23.3 Å². The van der Waals surface area contributed by atoms with E-state index in [1.165, 1.54) is 0 Å². The van der Waals surface area contributed by atoms with E-state index >= 15 is 0 Å². The summed E-state index contributed by atoms with van der Waals surface area (Å²) in [6, 6.07) is 3.34. The molecular formula is C14H20O4. The van der Waals surface area contributed by atoms with Gasteiger partial charge in [-0.15, -0.1) is 0 Å². The molecule has 1 aromatic carbocycles. The Labute approximate surface area is 107 Å². The van der Waals surface area contributed by atoms with Crippen LogP contribution < -0.4 is 4.74 Å². The van der Waals surface area contributed by atoms with Crippen LogP contribution in [0.1, 0.15) is 43.6 Å². The minimum atomic E-state index is -1.50. The fourth-order valence-electron chi connectivity index (χ4n) is 1.93. The van der Waals surface area contributed by atoms with Crippen molar-refractivity contribution in [3.63, 3.8) is 0 Å². The van der Waals surface area contributed by atoms with Crippen LogP contribution in [0.25, 0.3) is 0 Å². The number of hydrogen-bond donors (Lipinski definition) is 2. The number of rotatable bonds is 3. The first-order valence-corrected chi connectivity index (χ1v) is 5.78. The van der Waals surface area contributed by atoms with Crippen molar-refractivity contribution in [3.8, 4) is 5.75 Å². The first kappa shape index (κ1) is 14.5. The molecule has 0 aromatic heterocycles. The van der Waals surface area contributed by atoms with E-state index in [2.05, 4.69) is 0 Å². The maximum Gasteiger partial charge on any atom is 0.337 e. The molecule has 4 nitrogen and oxygen atoms in total. The number of carboxylic acid groups (broad SMARTS) is 1. The highest BCUT2D eigenvalue weighted by Crippen LogP contribution is 2.36. The van der Waals surface area contributed by atoms with Gasteiger partial charge >= 0.3 is 5.97 Å². The van der Waals surface area contributed by atoms with Gasteiger partial charge in [-0.25, -0.2) is 4.79 Å². The highest BCUT2D eigenvalue weighted by molar-refractivity contribution is 5.74. The third-order valence-electron chi connectivity index (χ3n) is 2.86. The second-order valence-corrected chi connectivity index (χ2v) is 5.41. The van der Waals surface area contributed by atoms with Crippen molar-refractivity contribution in [2.45, 2.75) is 39.2 Å². The quantitative estimate of drug-likeness (QED) is 0.867. The number of hydrogen-bond acceptors (Lipinski definition) is 3. The molecule has 0 bridgehead atoms. The second kappa shape index (κ2) is 4.98. The van der Waals surface area contributed by atoms with Gasteiger partial charge in [-0.05, 0) is 35.6 Å². The minimum absolute atomic E-state index is 0.190.